The molecule has 0 spiro atoms. The molecule has 0 aliphatic carbocycles. The van der Waals surface area contributed by atoms with Crippen molar-refractivity contribution in [2.45, 2.75) is 78.1 Å². The Balaban J connectivity index is 3.48. The fourth-order valence-corrected chi connectivity index (χ4v) is 2.19. The van der Waals surface area contributed by atoms with E-state index in [1.54, 1.807) is 0 Å². The minimum Gasteiger partial charge on any atom is -0.270 e. The van der Waals surface area contributed by atoms with E-state index >= 15 is 0 Å². The smallest absolute Gasteiger partial charge is 0.270 e. The molecular formula is C14H29NO3. The van der Waals surface area contributed by atoms with Gasteiger partial charge in [-0.25, -0.2) is 0 Å². The highest BCUT2D eigenvalue weighted by Gasteiger charge is 2.20. The number of hydrogen-bond donors (Lipinski definition) is 2. The summed E-state index contributed by atoms with van der Waals surface area (Å²) in [6.07, 6.45) is 11.3. The summed E-state index contributed by atoms with van der Waals surface area (Å²) in [5.41, 5.74) is 0. The lowest BCUT2D eigenvalue weighted by molar-refractivity contribution is -0.288. The van der Waals surface area contributed by atoms with Crippen LogP contribution in [0.25, 0.3) is 0 Å². The molecule has 0 aliphatic rings. The van der Waals surface area contributed by atoms with E-state index in [2.05, 4.69) is 6.92 Å². The third-order valence-electron chi connectivity index (χ3n) is 3.45. The van der Waals surface area contributed by atoms with Crippen LogP contribution < -0.4 is 0 Å². The van der Waals surface area contributed by atoms with Crippen molar-refractivity contribution in [2.24, 2.45) is 5.92 Å². The summed E-state index contributed by atoms with van der Waals surface area (Å²) in [5, 5.41) is 17.1. The second-order valence-corrected chi connectivity index (χ2v) is 5.00. The highest BCUT2D eigenvalue weighted by atomic mass is 16.8. The largest absolute Gasteiger partial charge is 0.276 e. The second-order valence-electron chi connectivity index (χ2n) is 5.00. The lowest BCUT2D eigenvalue weighted by Gasteiger charge is -2.15. The number of carbonyl (C=O) groups excluding carboxylic acids is 1. The molecule has 0 saturated heterocycles. The number of hydrogen-bond acceptors (Lipinski definition) is 3. The number of unbranched alkanes of at least 4 members (excludes halogenated alkanes) is 7. The standard InChI is InChI=1S/C14H29NO3/c1-3-5-6-7-8-9-10-11-12-13(4-2)14(16)15(17)18/h13,17-18H,3-12H2,1-2H3. The predicted molar refractivity (Wildman–Crippen MR) is 71.4 cm³/mol. The van der Waals surface area contributed by atoms with Gasteiger partial charge in [-0.3, -0.25) is 15.2 Å². The van der Waals surface area contributed by atoms with Crippen LogP contribution in [0.3, 0.4) is 0 Å². The maximum absolute atomic E-state index is 11.3. The summed E-state index contributed by atoms with van der Waals surface area (Å²) in [6, 6.07) is 0. The van der Waals surface area contributed by atoms with Gasteiger partial charge in [0, 0.05) is 5.92 Å². The second kappa shape index (κ2) is 11.5. The Morgan fingerprint density at radius 3 is 1.89 bits per heavy atom. The van der Waals surface area contributed by atoms with Crippen molar-refractivity contribution in [3.63, 3.8) is 0 Å². The number of rotatable bonds is 11. The van der Waals surface area contributed by atoms with E-state index < -0.39 is 5.91 Å². The zero-order valence-electron chi connectivity index (χ0n) is 11.9. The van der Waals surface area contributed by atoms with E-state index in [-0.39, 0.29) is 11.1 Å². The Labute approximate surface area is 111 Å². The van der Waals surface area contributed by atoms with Crippen molar-refractivity contribution in [1.82, 2.24) is 5.23 Å². The number of nitrogens with zero attached hydrogens (tertiary/aromatic N) is 1. The van der Waals surface area contributed by atoms with Crippen molar-refractivity contribution in [1.29, 1.82) is 0 Å². The van der Waals surface area contributed by atoms with Gasteiger partial charge in [-0.2, -0.15) is 0 Å². The summed E-state index contributed by atoms with van der Waals surface area (Å²) >= 11 is 0. The van der Waals surface area contributed by atoms with Crippen LogP contribution in [0.4, 0.5) is 0 Å². The first kappa shape index (κ1) is 17.4. The van der Waals surface area contributed by atoms with Crippen LogP contribution in [-0.4, -0.2) is 21.5 Å². The molecule has 0 saturated carbocycles. The molecule has 4 nitrogen and oxygen atoms in total. The summed E-state index contributed by atoms with van der Waals surface area (Å²) in [6.45, 7) is 4.12. The zero-order chi connectivity index (χ0) is 13.8. The molecule has 1 atom stereocenters. The van der Waals surface area contributed by atoms with Gasteiger partial charge in [-0.15, -0.1) is 0 Å². The van der Waals surface area contributed by atoms with Gasteiger partial charge >= 0.3 is 0 Å². The highest BCUT2D eigenvalue weighted by molar-refractivity contribution is 5.76. The van der Waals surface area contributed by atoms with E-state index in [1.807, 2.05) is 6.92 Å². The summed E-state index contributed by atoms with van der Waals surface area (Å²) in [7, 11) is 0. The molecule has 0 bridgehead atoms. The molecule has 1 unspecified atom stereocenters. The van der Waals surface area contributed by atoms with E-state index in [0.29, 0.717) is 6.42 Å². The Morgan fingerprint density at radius 2 is 1.44 bits per heavy atom. The molecule has 0 aliphatic heterocycles. The molecular weight excluding hydrogens is 230 g/mol. The molecule has 0 radical (unpaired) electrons. The first-order valence-electron chi connectivity index (χ1n) is 7.35. The average Bonchev–Trinajstić information content (AvgIpc) is 2.36. The molecule has 0 heterocycles. The van der Waals surface area contributed by atoms with Crippen molar-refractivity contribution in [3.8, 4) is 0 Å². The normalized spacial score (nSPS) is 12.4. The number of carbonyl (C=O) groups is 1. The van der Waals surface area contributed by atoms with Crippen LogP contribution in [0.2, 0.25) is 0 Å². The first-order chi connectivity index (χ1) is 8.63. The van der Waals surface area contributed by atoms with Gasteiger partial charge in [0.25, 0.3) is 5.91 Å². The molecule has 4 heteroatoms. The Bertz CT molecular complexity index is 207. The molecule has 0 rings (SSSR count). The molecule has 0 aromatic rings. The first-order valence-corrected chi connectivity index (χ1v) is 7.35. The molecule has 0 aromatic heterocycles. The van der Waals surface area contributed by atoms with E-state index in [4.69, 9.17) is 10.4 Å². The van der Waals surface area contributed by atoms with Gasteiger partial charge in [0.2, 0.25) is 0 Å². The van der Waals surface area contributed by atoms with Crippen LogP contribution in [0.5, 0.6) is 0 Å². The maximum atomic E-state index is 11.3. The lowest BCUT2D eigenvalue weighted by atomic mass is 9.97. The fraction of sp³-hybridized carbons (Fsp3) is 0.929. The summed E-state index contributed by atoms with van der Waals surface area (Å²) < 4.78 is 0. The van der Waals surface area contributed by atoms with Crippen molar-refractivity contribution in [3.05, 3.63) is 0 Å². The lowest BCUT2D eigenvalue weighted by Crippen LogP contribution is -2.30. The summed E-state index contributed by atoms with van der Waals surface area (Å²) in [4.78, 5) is 11.3. The van der Waals surface area contributed by atoms with Crippen molar-refractivity contribution < 1.29 is 15.2 Å². The van der Waals surface area contributed by atoms with Crippen LogP contribution in [0.1, 0.15) is 78.1 Å². The monoisotopic (exact) mass is 259 g/mol. The van der Waals surface area contributed by atoms with Gasteiger partial charge < -0.3 is 0 Å². The third-order valence-corrected chi connectivity index (χ3v) is 3.45. The molecule has 2 N–H and O–H groups in total. The minimum atomic E-state index is -0.583. The number of amides is 1. The predicted octanol–water partition coefficient (Wildman–Crippen LogP) is 4.15. The van der Waals surface area contributed by atoms with Gasteiger partial charge in [0.15, 0.2) is 0 Å². The Morgan fingerprint density at radius 1 is 0.944 bits per heavy atom. The SMILES string of the molecule is CCCCCCCCCCC(CC)C(=O)N(O)O. The minimum absolute atomic E-state index is 0.250. The zero-order valence-corrected chi connectivity index (χ0v) is 11.9. The quantitative estimate of drug-likeness (QED) is 0.333. The number of hydroxylamine groups is 2. The van der Waals surface area contributed by atoms with Gasteiger partial charge in [-0.1, -0.05) is 70.4 Å². The molecule has 0 fully saturated rings. The fourth-order valence-electron chi connectivity index (χ4n) is 2.19. The van der Waals surface area contributed by atoms with Gasteiger partial charge in [0.1, 0.15) is 0 Å². The third kappa shape index (κ3) is 8.48. The van der Waals surface area contributed by atoms with Crippen molar-refractivity contribution in [2.75, 3.05) is 0 Å². The Hall–Kier alpha value is -0.610. The van der Waals surface area contributed by atoms with Crippen LogP contribution in [0, 0.1) is 5.92 Å². The Kier molecular flexibility index (Phi) is 11.1. The topological polar surface area (TPSA) is 60.8 Å². The van der Waals surface area contributed by atoms with Crippen LogP contribution in [-0.2, 0) is 4.79 Å². The molecule has 108 valence electrons. The van der Waals surface area contributed by atoms with Gasteiger partial charge in [-0.05, 0) is 12.8 Å². The van der Waals surface area contributed by atoms with E-state index in [0.717, 1.165) is 19.3 Å². The van der Waals surface area contributed by atoms with Gasteiger partial charge in [0.05, 0.1) is 0 Å². The van der Waals surface area contributed by atoms with Crippen LogP contribution >= 0.6 is 0 Å². The average molecular weight is 259 g/mol. The molecule has 18 heavy (non-hydrogen) atoms. The highest BCUT2D eigenvalue weighted by Crippen LogP contribution is 2.17. The molecule has 1 amide bonds. The maximum Gasteiger partial charge on any atom is 0.276 e. The van der Waals surface area contributed by atoms with E-state index in [1.165, 1.54) is 38.5 Å². The van der Waals surface area contributed by atoms with E-state index in [9.17, 15) is 4.79 Å². The van der Waals surface area contributed by atoms with Crippen LogP contribution in [0.15, 0.2) is 0 Å². The summed E-state index contributed by atoms with van der Waals surface area (Å²) in [5.74, 6) is -0.833. The van der Waals surface area contributed by atoms with Crippen molar-refractivity contribution >= 4 is 5.91 Å². The molecule has 0 aromatic carbocycles.